The minimum Gasteiger partial charge on any atom is -0.269 e. The minimum atomic E-state index is -0.391. The fourth-order valence-electron chi connectivity index (χ4n) is 3.65. The van der Waals surface area contributed by atoms with Crippen LogP contribution in [-0.4, -0.2) is 16.7 Å². The Labute approximate surface area is 127 Å². The van der Waals surface area contributed by atoms with E-state index in [1.54, 1.807) is 30.3 Å². The predicted octanol–water partition coefficient (Wildman–Crippen LogP) is 3.36. The van der Waals surface area contributed by atoms with Crippen molar-refractivity contribution in [2.24, 2.45) is 5.92 Å². The van der Waals surface area contributed by atoms with E-state index in [4.69, 9.17) is 0 Å². The van der Waals surface area contributed by atoms with E-state index in [0.29, 0.717) is 11.1 Å². The molecule has 3 nitrogen and oxygen atoms in total. The first-order valence-corrected chi connectivity index (χ1v) is 7.33. The number of imide groups is 1. The van der Waals surface area contributed by atoms with Gasteiger partial charge in [0.25, 0.3) is 11.8 Å². The van der Waals surface area contributed by atoms with Crippen molar-refractivity contribution in [1.29, 1.82) is 0 Å². The number of carbonyl (C=O) groups is 2. The molecule has 0 saturated heterocycles. The van der Waals surface area contributed by atoms with E-state index in [2.05, 4.69) is 0 Å². The number of hydrogen-bond acceptors (Lipinski definition) is 2. The number of rotatable bonds is 1. The first kappa shape index (κ1) is 13.2. The molecule has 2 amide bonds. The summed E-state index contributed by atoms with van der Waals surface area (Å²) in [6.45, 7) is 1.99. The van der Waals surface area contributed by atoms with Gasteiger partial charge in [-0.25, -0.2) is 4.39 Å². The van der Waals surface area contributed by atoms with Crippen LogP contribution in [0.4, 0.5) is 4.39 Å². The lowest BCUT2D eigenvalue weighted by Crippen LogP contribution is -2.35. The highest BCUT2D eigenvalue weighted by molar-refractivity contribution is 6.21. The summed E-state index contributed by atoms with van der Waals surface area (Å²) in [6.07, 6.45) is 0.744. The summed E-state index contributed by atoms with van der Waals surface area (Å²) in [5.74, 6) is -0.822. The molecule has 1 aliphatic carbocycles. The Morgan fingerprint density at radius 1 is 1.05 bits per heavy atom. The van der Waals surface area contributed by atoms with E-state index in [-0.39, 0.29) is 23.5 Å². The van der Waals surface area contributed by atoms with E-state index in [1.165, 1.54) is 17.0 Å². The number of nitrogens with zero attached hydrogens (tertiary/aromatic N) is 1. The van der Waals surface area contributed by atoms with Crippen molar-refractivity contribution in [2.45, 2.75) is 19.4 Å². The van der Waals surface area contributed by atoms with Crippen molar-refractivity contribution in [1.82, 2.24) is 4.90 Å². The number of hydrogen-bond donors (Lipinski definition) is 0. The maximum atomic E-state index is 13.6. The third-order valence-corrected chi connectivity index (χ3v) is 4.61. The fraction of sp³-hybridized carbons (Fsp3) is 0.222. The lowest BCUT2D eigenvalue weighted by Gasteiger charge is -2.26. The quantitative estimate of drug-likeness (QED) is 0.757. The standard InChI is InChI=1S/C18H14FNO2/c1-10-8-11-6-7-12(19)9-15(11)16(10)20-17(21)13-4-2-3-5-14(13)18(20)22/h2-7,9-10,16H,8H2,1H3/t10-,16+/m0/s1. The highest BCUT2D eigenvalue weighted by Crippen LogP contribution is 2.43. The van der Waals surface area contributed by atoms with Gasteiger partial charge in [-0.05, 0) is 47.7 Å². The average molecular weight is 295 g/mol. The second kappa shape index (κ2) is 4.50. The van der Waals surface area contributed by atoms with Crippen molar-refractivity contribution in [3.05, 3.63) is 70.5 Å². The third-order valence-electron chi connectivity index (χ3n) is 4.61. The molecule has 2 aromatic carbocycles. The normalized spacial score (nSPS) is 22.9. The molecule has 110 valence electrons. The molecule has 2 aromatic rings. The van der Waals surface area contributed by atoms with Gasteiger partial charge in [-0.3, -0.25) is 14.5 Å². The predicted molar refractivity (Wildman–Crippen MR) is 79.0 cm³/mol. The second-order valence-electron chi connectivity index (χ2n) is 6.00. The molecule has 0 bridgehead atoms. The van der Waals surface area contributed by atoms with Gasteiger partial charge in [0, 0.05) is 0 Å². The Morgan fingerprint density at radius 3 is 2.32 bits per heavy atom. The van der Waals surface area contributed by atoms with Crippen molar-refractivity contribution < 1.29 is 14.0 Å². The molecule has 0 N–H and O–H groups in total. The second-order valence-corrected chi connectivity index (χ2v) is 6.00. The van der Waals surface area contributed by atoms with E-state index >= 15 is 0 Å². The van der Waals surface area contributed by atoms with Crippen LogP contribution in [0.1, 0.15) is 44.8 Å². The molecule has 0 fully saturated rings. The van der Waals surface area contributed by atoms with Crippen LogP contribution in [0.2, 0.25) is 0 Å². The maximum Gasteiger partial charge on any atom is 0.262 e. The van der Waals surface area contributed by atoms with Gasteiger partial charge in [0.1, 0.15) is 5.82 Å². The van der Waals surface area contributed by atoms with E-state index in [9.17, 15) is 14.0 Å². The number of carbonyl (C=O) groups excluding carboxylic acids is 2. The smallest absolute Gasteiger partial charge is 0.262 e. The highest BCUT2D eigenvalue weighted by Gasteiger charge is 2.45. The van der Waals surface area contributed by atoms with Crippen LogP contribution in [0.5, 0.6) is 0 Å². The maximum absolute atomic E-state index is 13.6. The Bertz CT molecular complexity index is 779. The Morgan fingerprint density at radius 2 is 1.68 bits per heavy atom. The van der Waals surface area contributed by atoms with Gasteiger partial charge >= 0.3 is 0 Å². The minimum absolute atomic E-state index is 0.0824. The summed E-state index contributed by atoms with van der Waals surface area (Å²) < 4.78 is 13.6. The molecule has 22 heavy (non-hydrogen) atoms. The van der Waals surface area contributed by atoms with Crippen LogP contribution >= 0.6 is 0 Å². The molecule has 0 aromatic heterocycles. The average Bonchev–Trinajstić information content (AvgIpc) is 2.95. The Kier molecular flexibility index (Phi) is 2.70. The molecule has 1 heterocycles. The molecule has 0 spiro atoms. The van der Waals surface area contributed by atoms with Crippen molar-refractivity contribution in [2.75, 3.05) is 0 Å². The van der Waals surface area contributed by atoms with E-state index in [1.807, 2.05) is 6.92 Å². The molecule has 0 saturated carbocycles. The summed E-state index contributed by atoms with van der Waals surface area (Å²) in [5, 5.41) is 0. The summed E-state index contributed by atoms with van der Waals surface area (Å²) in [7, 11) is 0. The fourth-order valence-corrected chi connectivity index (χ4v) is 3.65. The van der Waals surface area contributed by atoms with Crippen molar-refractivity contribution in [3.63, 3.8) is 0 Å². The lowest BCUT2D eigenvalue weighted by atomic mass is 10.0. The Balaban J connectivity index is 1.83. The van der Waals surface area contributed by atoms with Gasteiger partial charge in [0.15, 0.2) is 0 Å². The number of fused-ring (bicyclic) bond motifs is 2. The monoisotopic (exact) mass is 295 g/mol. The molecule has 2 aliphatic rings. The zero-order valence-corrected chi connectivity index (χ0v) is 12.0. The largest absolute Gasteiger partial charge is 0.269 e. The zero-order valence-electron chi connectivity index (χ0n) is 12.0. The van der Waals surface area contributed by atoms with Crippen LogP contribution < -0.4 is 0 Å². The molecule has 4 rings (SSSR count). The molecule has 0 unspecified atom stereocenters. The van der Waals surface area contributed by atoms with Gasteiger partial charge in [0.05, 0.1) is 17.2 Å². The summed E-state index contributed by atoms with van der Waals surface area (Å²) in [6, 6.07) is 11.1. The Hall–Kier alpha value is -2.49. The SMILES string of the molecule is C[C@H]1Cc2ccc(F)cc2[C@@H]1N1C(=O)c2ccccc2C1=O. The number of halogens is 1. The van der Waals surface area contributed by atoms with Gasteiger partial charge in [0.2, 0.25) is 0 Å². The first-order chi connectivity index (χ1) is 10.6. The zero-order chi connectivity index (χ0) is 15.4. The molecular formula is C18H14FNO2. The topological polar surface area (TPSA) is 37.4 Å². The van der Waals surface area contributed by atoms with Crippen LogP contribution in [0.3, 0.4) is 0 Å². The molecule has 4 heteroatoms. The molecular weight excluding hydrogens is 281 g/mol. The van der Waals surface area contributed by atoms with Gasteiger partial charge in [-0.15, -0.1) is 0 Å². The summed E-state index contributed by atoms with van der Waals surface area (Å²) >= 11 is 0. The molecule has 1 aliphatic heterocycles. The summed E-state index contributed by atoms with van der Waals surface area (Å²) in [4.78, 5) is 26.6. The van der Waals surface area contributed by atoms with E-state index < -0.39 is 6.04 Å². The van der Waals surface area contributed by atoms with E-state index in [0.717, 1.165) is 17.5 Å². The van der Waals surface area contributed by atoms with Crippen LogP contribution in [0, 0.1) is 11.7 Å². The molecule has 0 radical (unpaired) electrons. The number of benzene rings is 2. The first-order valence-electron chi connectivity index (χ1n) is 7.33. The highest BCUT2D eigenvalue weighted by atomic mass is 19.1. The van der Waals surface area contributed by atoms with Crippen molar-refractivity contribution >= 4 is 11.8 Å². The van der Waals surface area contributed by atoms with Gasteiger partial charge in [-0.1, -0.05) is 25.1 Å². The lowest BCUT2D eigenvalue weighted by molar-refractivity contribution is 0.0544. The van der Waals surface area contributed by atoms with Crippen LogP contribution in [0.15, 0.2) is 42.5 Å². The van der Waals surface area contributed by atoms with Gasteiger partial charge < -0.3 is 0 Å². The number of amides is 2. The summed E-state index contributed by atoms with van der Waals surface area (Å²) in [5.41, 5.74) is 2.63. The van der Waals surface area contributed by atoms with Gasteiger partial charge in [-0.2, -0.15) is 0 Å². The molecule has 2 atom stereocenters. The van der Waals surface area contributed by atoms with Crippen LogP contribution in [0.25, 0.3) is 0 Å². The van der Waals surface area contributed by atoms with Crippen LogP contribution in [-0.2, 0) is 6.42 Å². The van der Waals surface area contributed by atoms with Crippen molar-refractivity contribution in [3.8, 4) is 0 Å². The third kappa shape index (κ3) is 1.67.